The van der Waals surface area contributed by atoms with Crippen LogP contribution in [0.15, 0.2) is 29.4 Å². The highest BCUT2D eigenvalue weighted by Crippen LogP contribution is 2.12. The molecule has 0 saturated carbocycles. The highest BCUT2D eigenvalue weighted by molar-refractivity contribution is 6.30. The van der Waals surface area contributed by atoms with Gasteiger partial charge in [-0.25, -0.2) is 0 Å². The predicted molar refractivity (Wildman–Crippen MR) is 79.8 cm³/mol. The van der Waals surface area contributed by atoms with E-state index in [1.807, 2.05) is 12.1 Å². The van der Waals surface area contributed by atoms with Crippen molar-refractivity contribution >= 4 is 23.3 Å². The number of benzene rings is 1. The van der Waals surface area contributed by atoms with Crippen LogP contribution in [0, 0.1) is 5.92 Å². The van der Waals surface area contributed by atoms with Crippen LogP contribution >= 0.6 is 11.6 Å². The number of hydrogen-bond acceptors (Lipinski definition) is 4. The van der Waals surface area contributed by atoms with Gasteiger partial charge >= 0.3 is 0 Å². The monoisotopic (exact) mass is 311 g/mol. The Morgan fingerprint density at radius 2 is 2.24 bits per heavy atom. The molecule has 3 N–H and O–H groups in total. The zero-order valence-electron chi connectivity index (χ0n) is 11.5. The molecule has 0 aliphatic carbocycles. The van der Waals surface area contributed by atoms with E-state index in [1.54, 1.807) is 12.1 Å². The summed E-state index contributed by atoms with van der Waals surface area (Å²) in [4.78, 5) is 16.5. The maximum Gasteiger partial charge on any atom is 0.261 e. The third kappa shape index (κ3) is 5.24. The minimum Gasteiger partial charge on any atom is -0.384 e. The zero-order valence-corrected chi connectivity index (χ0v) is 12.3. The smallest absolute Gasteiger partial charge is 0.261 e. The first-order valence-electron chi connectivity index (χ1n) is 6.69. The minimum atomic E-state index is -0.260. The summed E-state index contributed by atoms with van der Waals surface area (Å²) in [5.41, 5.74) is 6.70. The number of amidine groups is 1. The van der Waals surface area contributed by atoms with Gasteiger partial charge in [0.05, 0.1) is 6.61 Å². The van der Waals surface area contributed by atoms with Crippen molar-refractivity contribution < 1.29 is 14.4 Å². The summed E-state index contributed by atoms with van der Waals surface area (Å²) < 4.78 is 5.20. The number of amides is 1. The quantitative estimate of drug-likeness (QED) is 0.471. The van der Waals surface area contributed by atoms with Crippen LogP contribution in [0.25, 0.3) is 0 Å². The molecule has 1 aromatic rings. The first-order valence-corrected chi connectivity index (χ1v) is 7.07. The van der Waals surface area contributed by atoms with E-state index in [2.05, 4.69) is 10.5 Å². The lowest BCUT2D eigenvalue weighted by atomic mass is 10.1. The molecule has 6 nitrogen and oxygen atoms in total. The fourth-order valence-electron chi connectivity index (χ4n) is 1.86. The summed E-state index contributed by atoms with van der Waals surface area (Å²) in [6.45, 7) is 1.49. The largest absolute Gasteiger partial charge is 0.384 e. The molecule has 1 aromatic carbocycles. The molecule has 0 unspecified atom stereocenters. The molecule has 1 amide bonds. The number of halogens is 1. The van der Waals surface area contributed by atoms with Crippen molar-refractivity contribution in [3.8, 4) is 0 Å². The molecule has 1 saturated heterocycles. The summed E-state index contributed by atoms with van der Waals surface area (Å²) >= 11 is 5.78. The lowest BCUT2D eigenvalue weighted by molar-refractivity contribution is -0.125. The average Bonchev–Trinajstić information content (AvgIpc) is 3.01. The molecule has 1 heterocycles. The van der Waals surface area contributed by atoms with Crippen LogP contribution < -0.4 is 11.1 Å². The number of rotatable bonds is 6. The molecule has 1 aliphatic heterocycles. The molecule has 114 valence electrons. The van der Waals surface area contributed by atoms with Crippen LogP contribution in [-0.2, 0) is 20.9 Å². The summed E-state index contributed by atoms with van der Waals surface area (Å²) in [5, 5.41) is 7.13. The molecular weight excluding hydrogens is 294 g/mol. The first-order chi connectivity index (χ1) is 10.1. The highest BCUT2D eigenvalue weighted by atomic mass is 35.5. The molecule has 1 fully saturated rings. The molecule has 0 bridgehead atoms. The second kappa shape index (κ2) is 7.85. The molecular formula is C14H18ClN3O3. The Morgan fingerprint density at radius 3 is 2.90 bits per heavy atom. The van der Waals surface area contributed by atoms with Gasteiger partial charge in [0.25, 0.3) is 5.91 Å². The van der Waals surface area contributed by atoms with Gasteiger partial charge in [0.15, 0.2) is 6.61 Å². The molecule has 1 aliphatic rings. The molecule has 21 heavy (non-hydrogen) atoms. The van der Waals surface area contributed by atoms with Crippen LogP contribution in [0.2, 0.25) is 5.02 Å². The average molecular weight is 312 g/mol. The van der Waals surface area contributed by atoms with E-state index in [-0.39, 0.29) is 18.4 Å². The van der Waals surface area contributed by atoms with Gasteiger partial charge in [-0.3, -0.25) is 4.79 Å². The van der Waals surface area contributed by atoms with Crippen molar-refractivity contribution in [3.63, 3.8) is 0 Å². The van der Waals surface area contributed by atoms with Crippen LogP contribution in [0.5, 0.6) is 0 Å². The Hall–Kier alpha value is -1.79. The second-order valence-electron chi connectivity index (χ2n) is 4.75. The van der Waals surface area contributed by atoms with Crippen LogP contribution in [0.4, 0.5) is 0 Å². The van der Waals surface area contributed by atoms with E-state index in [9.17, 15) is 4.79 Å². The predicted octanol–water partition coefficient (Wildman–Crippen LogP) is 1.28. The van der Waals surface area contributed by atoms with Crippen LogP contribution in [0.1, 0.15) is 12.0 Å². The van der Waals surface area contributed by atoms with Crippen LogP contribution in [-0.4, -0.2) is 31.6 Å². The molecule has 0 radical (unpaired) electrons. The van der Waals surface area contributed by atoms with Gasteiger partial charge in [0.2, 0.25) is 0 Å². The Morgan fingerprint density at radius 1 is 1.48 bits per heavy atom. The fraction of sp³-hybridized carbons (Fsp3) is 0.429. The second-order valence-corrected chi connectivity index (χ2v) is 5.19. The van der Waals surface area contributed by atoms with Gasteiger partial charge in [-0.1, -0.05) is 28.9 Å². The Labute approximate surface area is 128 Å². The van der Waals surface area contributed by atoms with E-state index < -0.39 is 0 Å². The first kappa shape index (κ1) is 15.6. The van der Waals surface area contributed by atoms with Gasteiger partial charge in [0, 0.05) is 24.1 Å². The lowest BCUT2D eigenvalue weighted by Gasteiger charge is -2.07. The number of carbonyl (C=O) groups is 1. The van der Waals surface area contributed by atoms with E-state index in [0.29, 0.717) is 30.6 Å². The van der Waals surface area contributed by atoms with E-state index in [4.69, 9.17) is 26.9 Å². The van der Waals surface area contributed by atoms with Crippen molar-refractivity contribution in [1.29, 1.82) is 0 Å². The van der Waals surface area contributed by atoms with E-state index in [1.165, 1.54) is 0 Å². The fourth-order valence-corrected chi connectivity index (χ4v) is 1.99. The van der Waals surface area contributed by atoms with E-state index in [0.717, 1.165) is 12.0 Å². The normalized spacial score (nSPS) is 18.5. The van der Waals surface area contributed by atoms with Crippen molar-refractivity contribution in [1.82, 2.24) is 5.32 Å². The highest BCUT2D eigenvalue weighted by Gasteiger charge is 2.19. The number of nitrogens with one attached hydrogen (secondary N) is 1. The lowest BCUT2D eigenvalue weighted by Crippen LogP contribution is -2.28. The van der Waals surface area contributed by atoms with Crippen LogP contribution in [0.3, 0.4) is 0 Å². The number of hydrogen-bond donors (Lipinski definition) is 2. The summed E-state index contributed by atoms with van der Waals surface area (Å²) in [6.07, 6.45) is 0.835. The van der Waals surface area contributed by atoms with Gasteiger partial charge in [-0.15, -0.1) is 0 Å². The molecule has 0 spiro atoms. The molecule has 0 aromatic heterocycles. The number of nitrogens with two attached hydrogens (primary N) is 1. The molecule has 2 rings (SSSR count). The molecule has 7 heteroatoms. The maximum atomic E-state index is 11.6. The SMILES string of the molecule is N/C(=N\OCC(=O)NCc1ccc(Cl)cc1)[C@H]1CCOC1. The molecule has 1 atom stereocenters. The van der Waals surface area contributed by atoms with Gasteiger partial charge in [-0.2, -0.15) is 0 Å². The Bertz CT molecular complexity index is 499. The zero-order chi connectivity index (χ0) is 15.1. The van der Waals surface area contributed by atoms with Crippen molar-refractivity contribution in [3.05, 3.63) is 34.9 Å². The number of nitrogens with zero attached hydrogens (tertiary/aromatic N) is 1. The summed E-state index contributed by atoms with van der Waals surface area (Å²) in [5.74, 6) is 0.198. The third-order valence-electron chi connectivity index (χ3n) is 3.12. The standard InChI is InChI=1S/C14H18ClN3O3/c15-12-3-1-10(2-4-12)7-17-13(19)9-21-18-14(16)11-5-6-20-8-11/h1-4,11H,5-9H2,(H2,16,18)(H,17,19)/t11-/m0/s1. The Kier molecular flexibility index (Phi) is 5.83. The van der Waals surface area contributed by atoms with E-state index >= 15 is 0 Å². The number of oxime groups is 1. The topological polar surface area (TPSA) is 85.9 Å². The summed E-state index contributed by atoms with van der Waals surface area (Å²) in [7, 11) is 0. The Balaban J connectivity index is 1.67. The summed E-state index contributed by atoms with van der Waals surface area (Å²) in [6, 6.07) is 7.24. The minimum absolute atomic E-state index is 0.0853. The number of carbonyl (C=O) groups excluding carboxylic acids is 1. The maximum absolute atomic E-state index is 11.6. The van der Waals surface area contributed by atoms with Crippen molar-refractivity contribution in [2.45, 2.75) is 13.0 Å². The third-order valence-corrected chi connectivity index (χ3v) is 3.37. The van der Waals surface area contributed by atoms with Gasteiger partial charge in [0.1, 0.15) is 5.84 Å². The van der Waals surface area contributed by atoms with Gasteiger partial charge in [-0.05, 0) is 24.1 Å². The van der Waals surface area contributed by atoms with Crippen molar-refractivity contribution in [2.75, 3.05) is 19.8 Å². The van der Waals surface area contributed by atoms with Crippen molar-refractivity contribution in [2.24, 2.45) is 16.8 Å². The van der Waals surface area contributed by atoms with Gasteiger partial charge < -0.3 is 20.6 Å². The number of ether oxygens (including phenoxy) is 1.